The van der Waals surface area contributed by atoms with E-state index in [0.29, 0.717) is 29.2 Å². The van der Waals surface area contributed by atoms with Crippen molar-refractivity contribution in [1.82, 2.24) is 9.88 Å². The second kappa shape index (κ2) is 9.00. The molecule has 1 saturated heterocycles. The van der Waals surface area contributed by atoms with E-state index in [0.717, 1.165) is 29.4 Å². The zero-order chi connectivity index (χ0) is 22.0. The molecule has 1 aromatic heterocycles. The van der Waals surface area contributed by atoms with Crippen LogP contribution in [0.5, 0.6) is 0 Å². The SMILES string of the molecule is Cc1ccc(C(O)c2ccc(C3CCN(C(=O)c4ncccc4Cl)C3)c(C=O)c2)cc1. The third kappa shape index (κ3) is 4.38. The summed E-state index contributed by atoms with van der Waals surface area (Å²) in [5.41, 5.74) is 4.24. The summed E-state index contributed by atoms with van der Waals surface area (Å²) in [7, 11) is 0. The standard InChI is InChI=1S/C25H23ClN2O3/c1-16-4-6-17(7-5-16)24(30)18-8-9-21(20(13-18)15-29)19-10-12-28(14-19)25(31)23-22(26)3-2-11-27-23/h2-9,11,13,15,19,24,30H,10,12,14H2,1H3. The molecule has 2 atom stereocenters. The van der Waals surface area contributed by atoms with Gasteiger partial charge in [-0.05, 0) is 48.2 Å². The van der Waals surface area contributed by atoms with Crippen LogP contribution in [0.4, 0.5) is 0 Å². The first-order valence-corrected chi connectivity index (χ1v) is 10.6. The highest BCUT2D eigenvalue weighted by molar-refractivity contribution is 6.33. The first-order chi connectivity index (χ1) is 15.0. The van der Waals surface area contributed by atoms with Crippen LogP contribution in [0.15, 0.2) is 60.8 Å². The Kier molecular flexibility index (Phi) is 6.16. The number of aliphatic hydroxyl groups excluding tert-OH is 1. The molecule has 3 aromatic rings. The lowest BCUT2D eigenvalue weighted by Crippen LogP contribution is -2.29. The molecule has 2 heterocycles. The average molecular weight is 435 g/mol. The zero-order valence-electron chi connectivity index (χ0n) is 17.2. The maximum absolute atomic E-state index is 12.8. The number of amides is 1. The number of hydrogen-bond donors (Lipinski definition) is 1. The second-order valence-corrected chi connectivity index (χ2v) is 8.30. The predicted octanol–water partition coefficient (Wildman–Crippen LogP) is 4.57. The van der Waals surface area contributed by atoms with Crippen molar-refractivity contribution in [2.45, 2.75) is 25.4 Å². The predicted molar refractivity (Wildman–Crippen MR) is 120 cm³/mol. The lowest BCUT2D eigenvalue weighted by Gasteiger charge is -2.19. The van der Waals surface area contributed by atoms with Crippen molar-refractivity contribution in [3.8, 4) is 0 Å². The minimum atomic E-state index is -0.804. The Balaban J connectivity index is 1.54. The van der Waals surface area contributed by atoms with Gasteiger partial charge in [0.15, 0.2) is 0 Å². The molecule has 0 spiro atoms. The van der Waals surface area contributed by atoms with E-state index < -0.39 is 6.10 Å². The molecule has 0 saturated carbocycles. The van der Waals surface area contributed by atoms with E-state index in [-0.39, 0.29) is 17.5 Å². The van der Waals surface area contributed by atoms with Crippen LogP contribution in [-0.4, -0.2) is 40.3 Å². The summed E-state index contributed by atoms with van der Waals surface area (Å²) < 4.78 is 0. The largest absolute Gasteiger partial charge is 0.384 e. The Labute approximate surface area is 186 Å². The summed E-state index contributed by atoms with van der Waals surface area (Å²) in [6, 6.07) is 16.5. The molecule has 5 nitrogen and oxygen atoms in total. The van der Waals surface area contributed by atoms with E-state index in [1.807, 2.05) is 43.3 Å². The zero-order valence-corrected chi connectivity index (χ0v) is 17.9. The molecule has 31 heavy (non-hydrogen) atoms. The van der Waals surface area contributed by atoms with E-state index in [1.165, 1.54) is 0 Å². The first-order valence-electron chi connectivity index (χ1n) is 10.2. The molecule has 1 aliphatic rings. The van der Waals surface area contributed by atoms with Crippen molar-refractivity contribution in [3.63, 3.8) is 0 Å². The maximum atomic E-state index is 12.8. The monoisotopic (exact) mass is 434 g/mol. The third-order valence-electron chi connectivity index (χ3n) is 5.82. The molecule has 0 aliphatic carbocycles. The van der Waals surface area contributed by atoms with Crippen molar-refractivity contribution in [2.24, 2.45) is 0 Å². The van der Waals surface area contributed by atoms with Crippen LogP contribution in [0.3, 0.4) is 0 Å². The Morgan fingerprint density at radius 3 is 2.65 bits per heavy atom. The van der Waals surface area contributed by atoms with Gasteiger partial charge in [-0.3, -0.25) is 9.59 Å². The minimum absolute atomic E-state index is 0.0391. The van der Waals surface area contributed by atoms with Gasteiger partial charge in [0.05, 0.1) is 5.02 Å². The molecular weight excluding hydrogens is 412 g/mol. The highest BCUT2D eigenvalue weighted by Crippen LogP contribution is 2.33. The topological polar surface area (TPSA) is 70.5 Å². The van der Waals surface area contributed by atoms with Crippen LogP contribution in [0.25, 0.3) is 0 Å². The van der Waals surface area contributed by atoms with Crippen molar-refractivity contribution >= 4 is 23.8 Å². The number of aromatic nitrogens is 1. The second-order valence-electron chi connectivity index (χ2n) is 7.89. The average Bonchev–Trinajstić information content (AvgIpc) is 3.28. The van der Waals surface area contributed by atoms with E-state index in [1.54, 1.807) is 29.3 Å². The minimum Gasteiger partial charge on any atom is -0.384 e. The highest BCUT2D eigenvalue weighted by Gasteiger charge is 2.31. The lowest BCUT2D eigenvalue weighted by molar-refractivity contribution is 0.0785. The summed E-state index contributed by atoms with van der Waals surface area (Å²) >= 11 is 6.12. The van der Waals surface area contributed by atoms with Crippen LogP contribution < -0.4 is 0 Å². The summed E-state index contributed by atoms with van der Waals surface area (Å²) in [5, 5.41) is 11.1. The molecule has 0 bridgehead atoms. The molecule has 158 valence electrons. The number of aldehydes is 1. The number of halogens is 1. The molecule has 1 amide bonds. The molecular formula is C25H23ClN2O3. The van der Waals surface area contributed by atoms with Gasteiger partial charge in [0, 0.05) is 30.8 Å². The van der Waals surface area contributed by atoms with Crippen molar-refractivity contribution in [1.29, 1.82) is 0 Å². The molecule has 1 N–H and O–H groups in total. The van der Waals surface area contributed by atoms with Crippen LogP contribution in [-0.2, 0) is 0 Å². The number of carbonyl (C=O) groups is 2. The van der Waals surface area contributed by atoms with Crippen LogP contribution in [0.1, 0.15) is 61.5 Å². The molecule has 1 fully saturated rings. The first kappa shape index (κ1) is 21.2. The third-order valence-corrected chi connectivity index (χ3v) is 6.13. The lowest BCUT2D eigenvalue weighted by atomic mass is 9.90. The molecule has 2 aromatic carbocycles. The number of aryl methyl sites for hydroxylation is 1. The van der Waals surface area contributed by atoms with Gasteiger partial charge in [0.25, 0.3) is 5.91 Å². The molecule has 0 radical (unpaired) electrons. The number of likely N-dealkylation sites (tertiary alicyclic amines) is 1. The normalized spacial score (nSPS) is 16.9. The Morgan fingerprint density at radius 1 is 1.19 bits per heavy atom. The van der Waals surface area contributed by atoms with Gasteiger partial charge in [0.1, 0.15) is 18.1 Å². The van der Waals surface area contributed by atoms with Crippen LogP contribution in [0.2, 0.25) is 5.02 Å². The number of benzene rings is 2. The van der Waals surface area contributed by atoms with Gasteiger partial charge in [-0.15, -0.1) is 0 Å². The van der Waals surface area contributed by atoms with Gasteiger partial charge < -0.3 is 10.0 Å². The summed E-state index contributed by atoms with van der Waals surface area (Å²) in [4.78, 5) is 30.5. The Hall–Kier alpha value is -3.02. The smallest absolute Gasteiger partial charge is 0.274 e. The number of hydrogen-bond acceptors (Lipinski definition) is 4. The van der Waals surface area contributed by atoms with Crippen LogP contribution in [0, 0.1) is 6.92 Å². The van der Waals surface area contributed by atoms with Gasteiger partial charge >= 0.3 is 0 Å². The van der Waals surface area contributed by atoms with Crippen molar-refractivity contribution in [3.05, 3.63) is 99.3 Å². The van der Waals surface area contributed by atoms with E-state index in [2.05, 4.69) is 4.98 Å². The fraction of sp³-hybridized carbons (Fsp3) is 0.240. The fourth-order valence-electron chi connectivity index (χ4n) is 4.07. The summed E-state index contributed by atoms with van der Waals surface area (Å²) in [5.74, 6) is -0.163. The molecule has 2 unspecified atom stereocenters. The molecule has 4 rings (SSSR count). The van der Waals surface area contributed by atoms with E-state index >= 15 is 0 Å². The van der Waals surface area contributed by atoms with Crippen LogP contribution >= 0.6 is 11.6 Å². The molecule has 6 heteroatoms. The summed E-state index contributed by atoms with van der Waals surface area (Å²) in [6.07, 6.45) is 2.31. The molecule has 1 aliphatic heterocycles. The van der Waals surface area contributed by atoms with Gasteiger partial charge in [-0.1, -0.05) is 53.6 Å². The fourth-order valence-corrected chi connectivity index (χ4v) is 4.27. The number of pyridine rings is 1. The summed E-state index contributed by atoms with van der Waals surface area (Å²) in [6.45, 7) is 3.06. The quantitative estimate of drug-likeness (QED) is 0.597. The van der Waals surface area contributed by atoms with Gasteiger partial charge in [0.2, 0.25) is 0 Å². The van der Waals surface area contributed by atoms with Gasteiger partial charge in [-0.2, -0.15) is 0 Å². The highest BCUT2D eigenvalue weighted by atomic mass is 35.5. The van der Waals surface area contributed by atoms with Crippen molar-refractivity contribution < 1.29 is 14.7 Å². The van der Waals surface area contributed by atoms with E-state index in [4.69, 9.17) is 11.6 Å². The number of rotatable bonds is 5. The number of aliphatic hydroxyl groups is 1. The Bertz CT molecular complexity index is 1110. The number of nitrogens with zero attached hydrogens (tertiary/aromatic N) is 2. The van der Waals surface area contributed by atoms with Gasteiger partial charge in [-0.25, -0.2) is 4.98 Å². The maximum Gasteiger partial charge on any atom is 0.274 e. The number of carbonyl (C=O) groups excluding carboxylic acids is 2. The van der Waals surface area contributed by atoms with E-state index in [9.17, 15) is 14.7 Å². The van der Waals surface area contributed by atoms with Crippen molar-refractivity contribution in [2.75, 3.05) is 13.1 Å². The Morgan fingerprint density at radius 2 is 1.94 bits per heavy atom.